The van der Waals surface area contributed by atoms with Crippen LogP contribution >= 0.6 is 0 Å². The second kappa shape index (κ2) is 7.99. The van der Waals surface area contributed by atoms with Crippen molar-refractivity contribution in [3.8, 4) is 5.75 Å². The lowest BCUT2D eigenvalue weighted by Crippen LogP contribution is -2.16. The number of carbonyl (C=O) groups excluding carboxylic acids is 1. The number of ether oxygens (including phenoxy) is 1. The Balaban J connectivity index is 1.81. The molecule has 1 aliphatic carbocycles. The van der Waals surface area contributed by atoms with Gasteiger partial charge in [-0.3, -0.25) is 4.79 Å². The van der Waals surface area contributed by atoms with Gasteiger partial charge in [0, 0.05) is 12.5 Å². The van der Waals surface area contributed by atoms with Crippen LogP contribution in [0, 0.1) is 17.7 Å². The van der Waals surface area contributed by atoms with Gasteiger partial charge in [0.2, 0.25) is 0 Å². The number of hydrogen-bond acceptors (Lipinski definition) is 2. The summed E-state index contributed by atoms with van der Waals surface area (Å²) in [6.45, 7) is 2.19. The molecular weight excluding hydrogens is 324 g/mol. The lowest BCUT2D eigenvalue weighted by atomic mass is 9.79. The Morgan fingerprint density at radius 3 is 2.33 bits per heavy atom. The van der Waals surface area contributed by atoms with Crippen molar-refractivity contribution in [3.05, 3.63) is 29.6 Å². The molecule has 0 aliphatic heterocycles. The molecular formula is C18H22F4O2. The van der Waals surface area contributed by atoms with Gasteiger partial charge < -0.3 is 4.74 Å². The molecule has 1 saturated carbocycles. The zero-order valence-electron chi connectivity index (χ0n) is 13.7. The molecule has 134 valence electrons. The molecule has 1 fully saturated rings. The zero-order valence-corrected chi connectivity index (χ0v) is 13.7. The Labute approximate surface area is 139 Å². The molecule has 0 heterocycles. The molecule has 2 nitrogen and oxygen atoms in total. The molecule has 0 radical (unpaired) electrons. The number of hydrogen-bond donors (Lipinski definition) is 0. The van der Waals surface area contributed by atoms with Crippen molar-refractivity contribution < 1.29 is 27.1 Å². The first-order chi connectivity index (χ1) is 11.3. The summed E-state index contributed by atoms with van der Waals surface area (Å²) in [5.74, 6) is -0.898. The SMILES string of the molecule is CCC1CCC(CCC(=O)Oc2ccc(C(F)(F)F)c(F)c2)CC1. The summed E-state index contributed by atoms with van der Waals surface area (Å²) < 4.78 is 55.8. The van der Waals surface area contributed by atoms with Crippen LogP contribution in [0.2, 0.25) is 0 Å². The summed E-state index contributed by atoms with van der Waals surface area (Å²) >= 11 is 0. The Hall–Kier alpha value is -1.59. The minimum absolute atomic E-state index is 0.194. The van der Waals surface area contributed by atoms with Crippen LogP contribution < -0.4 is 4.74 Å². The Morgan fingerprint density at radius 1 is 1.17 bits per heavy atom. The van der Waals surface area contributed by atoms with E-state index in [9.17, 15) is 22.4 Å². The summed E-state index contributed by atoms with van der Waals surface area (Å²) in [5.41, 5.74) is -1.37. The fourth-order valence-electron chi connectivity index (χ4n) is 3.22. The topological polar surface area (TPSA) is 26.3 Å². The van der Waals surface area contributed by atoms with Crippen LogP contribution in [0.5, 0.6) is 5.75 Å². The van der Waals surface area contributed by atoms with E-state index in [2.05, 4.69) is 6.92 Å². The molecule has 0 N–H and O–H groups in total. The van der Waals surface area contributed by atoms with Gasteiger partial charge in [0.15, 0.2) is 0 Å². The van der Waals surface area contributed by atoms with Crippen molar-refractivity contribution >= 4 is 5.97 Å². The third-order valence-corrected chi connectivity index (χ3v) is 4.78. The number of halogens is 4. The standard InChI is InChI=1S/C18H22F4O2/c1-2-12-3-5-13(6-4-12)7-10-17(23)24-14-8-9-15(16(19)11-14)18(20,21)22/h8-9,11-13H,2-7,10H2,1H3. The molecule has 0 aromatic heterocycles. The molecule has 6 heteroatoms. The largest absolute Gasteiger partial charge is 0.426 e. The van der Waals surface area contributed by atoms with Gasteiger partial charge in [-0.15, -0.1) is 0 Å². The molecule has 1 aromatic rings. The average molecular weight is 346 g/mol. The minimum Gasteiger partial charge on any atom is -0.426 e. The third-order valence-electron chi connectivity index (χ3n) is 4.78. The number of carbonyl (C=O) groups is 1. The highest BCUT2D eigenvalue weighted by Gasteiger charge is 2.34. The van der Waals surface area contributed by atoms with Crippen molar-refractivity contribution in [2.45, 2.75) is 58.0 Å². The highest BCUT2D eigenvalue weighted by atomic mass is 19.4. The predicted molar refractivity (Wildman–Crippen MR) is 82.0 cm³/mol. The number of benzene rings is 1. The van der Waals surface area contributed by atoms with Crippen molar-refractivity contribution in [2.75, 3.05) is 0 Å². The van der Waals surface area contributed by atoms with E-state index in [1.54, 1.807) is 0 Å². The fourth-order valence-corrected chi connectivity index (χ4v) is 3.22. The highest BCUT2D eigenvalue weighted by molar-refractivity contribution is 5.72. The second-order valence-electron chi connectivity index (χ2n) is 6.45. The molecule has 0 bridgehead atoms. The average Bonchev–Trinajstić information content (AvgIpc) is 2.52. The summed E-state index contributed by atoms with van der Waals surface area (Å²) in [6.07, 6.45) is 1.89. The first-order valence-electron chi connectivity index (χ1n) is 8.37. The van der Waals surface area contributed by atoms with E-state index in [1.165, 1.54) is 19.3 Å². The first kappa shape index (κ1) is 18.7. The Morgan fingerprint density at radius 2 is 1.79 bits per heavy atom. The molecule has 0 spiro atoms. The van der Waals surface area contributed by atoms with Gasteiger partial charge in [-0.25, -0.2) is 4.39 Å². The molecule has 1 aromatic carbocycles. The van der Waals surface area contributed by atoms with E-state index < -0.39 is 23.5 Å². The summed E-state index contributed by atoms with van der Waals surface area (Å²) in [4.78, 5) is 11.8. The molecule has 0 unspecified atom stereocenters. The van der Waals surface area contributed by atoms with Crippen LogP contribution in [-0.2, 0) is 11.0 Å². The van der Waals surface area contributed by atoms with E-state index in [0.717, 1.165) is 24.8 Å². The van der Waals surface area contributed by atoms with Gasteiger partial charge in [0.1, 0.15) is 11.6 Å². The van der Waals surface area contributed by atoms with Crippen LogP contribution in [0.4, 0.5) is 17.6 Å². The van der Waals surface area contributed by atoms with Gasteiger partial charge in [-0.05, 0) is 30.4 Å². The number of rotatable bonds is 5. The van der Waals surface area contributed by atoms with Crippen molar-refractivity contribution in [1.82, 2.24) is 0 Å². The van der Waals surface area contributed by atoms with Crippen molar-refractivity contribution in [1.29, 1.82) is 0 Å². The van der Waals surface area contributed by atoms with Crippen LogP contribution in [0.3, 0.4) is 0 Å². The maximum atomic E-state index is 13.4. The third kappa shape index (κ3) is 5.21. The van der Waals surface area contributed by atoms with E-state index >= 15 is 0 Å². The van der Waals surface area contributed by atoms with Gasteiger partial charge >= 0.3 is 12.1 Å². The monoisotopic (exact) mass is 346 g/mol. The Kier molecular flexibility index (Phi) is 6.24. The number of alkyl halides is 3. The summed E-state index contributed by atoms with van der Waals surface area (Å²) in [5, 5.41) is 0. The maximum absolute atomic E-state index is 13.4. The summed E-state index contributed by atoms with van der Waals surface area (Å²) in [6, 6.07) is 2.16. The molecule has 0 saturated heterocycles. The van der Waals surface area contributed by atoms with Crippen LogP contribution in [0.1, 0.15) is 57.4 Å². The normalized spacial score (nSPS) is 21.5. The van der Waals surface area contributed by atoms with Crippen LogP contribution in [0.25, 0.3) is 0 Å². The van der Waals surface area contributed by atoms with E-state index in [1.807, 2.05) is 0 Å². The van der Waals surface area contributed by atoms with E-state index in [-0.39, 0.29) is 12.2 Å². The second-order valence-corrected chi connectivity index (χ2v) is 6.45. The van der Waals surface area contributed by atoms with Gasteiger partial charge in [0.05, 0.1) is 5.56 Å². The van der Waals surface area contributed by atoms with Crippen molar-refractivity contribution in [2.24, 2.45) is 11.8 Å². The van der Waals surface area contributed by atoms with E-state index in [0.29, 0.717) is 24.5 Å². The number of esters is 1. The first-order valence-corrected chi connectivity index (χ1v) is 8.37. The van der Waals surface area contributed by atoms with Gasteiger partial charge in [0.25, 0.3) is 0 Å². The fraction of sp³-hybridized carbons (Fsp3) is 0.611. The van der Waals surface area contributed by atoms with Crippen molar-refractivity contribution in [3.63, 3.8) is 0 Å². The molecule has 0 atom stereocenters. The molecule has 24 heavy (non-hydrogen) atoms. The Bertz CT molecular complexity index is 561. The van der Waals surface area contributed by atoms with Gasteiger partial charge in [-0.2, -0.15) is 13.2 Å². The van der Waals surface area contributed by atoms with Crippen LogP contribution in [0.15, 0.2) is 18.2 Å². The smallest absolute Gasteiger partial charge is 0.419 e. The predicted octanol–water partition coefficient (Wildman–Crippen LogP) is 5.75. The molecule has 1 aliphatic rings. The summed E-state index contributed by atoms with van der Waals surface area (Å²) in [7, 11) is 0. The molecule has 2 rings (SSSR count). The van der Waals surface area contributed by atoms with Crippen LogP contribution in [-0.4, -0.2) is 5.97 Å². The quantitative estimate of drug-likeness (QED) is 0.386. The lowest BCUT2D eigenvalue weighted by Gasteiger charge is -2.27. The van der Waals surface area contributed by atoms with Gasteiger partial charge in [-0.1, -0.05) is 39.0 Å². The minimum atomic E-state index is -4.76. The zero-order chi connectivity index (χ0) is 17.7. The maximum Gasteiger partial charge on any atom is 0.419 e. The lowest BCUT2D eigenvalue weighted by molar-refractivity contribution is -0.140. The highest BCUT2D eigenvalue weighted by Crippen LogP contribution is 2.34. The molecule has 0 amide bonds. The van der Waals surface area contributed by atoms with E-state index in [4.69, 9.17) is 4.74 Å².